The molecule has 0 unspecified atom stereocenters. The third-order valence-electron chi connectivity index (χ3n) is 5.42. The van der Waals surface area contributed by atoms with Gasteiger partial charge in [-0.2, -0.15) is 0 Å². The molecule has 2 aromatic carbocycles. The molecule has 1 aliphatic rings. The first-order valence-corrected chi connectivity index (χ1v) is 10.1. The number of carboxylic acid groups (broad SMARTS) is 1. The van der Waals surface area contributed by atoms with Crippen LogP contribution in [0.5, 0.6) is 0 Å². The molecule has 4 rings (SSSR count). The van der Waals surface area contributed by atoms with Gasteiger partial charge in [0.25, 0.3) is 5.56 Å². The van der Waals surface area contributed by atoms with Crippen LogP contribution in [0.1, 0.15) is 38.6 Å². The molecule has 0 saturated carbocycles. The third kappa shape index (κ3) is 3.98. The highest BCUT2D eigenvalue weighted by Gasteiger charge is 2.21. The van der Waals surface area contributed by atoms with Crippen LogP contribution in [0, 0.1) is 6.92 Å². The summed E-state index contributed by atoms with van der Waals surface area (Å²) in [4.78, 5) is 31.6. The highest BCUT2D eigenvalue weighted by molar-refractivity contribution is 5.94. The number of carboxylic acids is 1. The zero-order chi connectivity index (χ0) is 24.6. The summed E-state index contributed by atoms with van der Waals surface area (Å²) in [7, 11) is 0. The molecule has 2 N–H and O–H groups in total. The fraction of sp³-hybridized carbons (Fsp3) is 0.348. The predicted molar refractivity (Wildman–Crippen MR) is 120 cm³/mol. The number of nitrogens with one attached hydrogen (secondary N) is 1. The maximum absolute atomic E-state index is 13.5. The quantitative estimate of drug-likeness (QED) is 0.649. The van der Waals surface area contributed by atoms with Gasteiger partial charge < -0.3 is 20.1 Å². The summed E-state index contributed by atoms with van der Waals surface area (Å²) in [6, 6.07) is 9.66. The molecule has 162 valence electrons. The summed E-state index contributed by atoms with van der Waals surface area (Å²) in [6.45, 7) is 2.58. The van der Waals surface area contributed by atoms with Crippen LogP contribution in [0.4, 0.5) is 11.6 Å². The molecule has 1 aromatic heterocycles. The molecule has 8 nitrogen and oxygen atoms in total. The Kier molecular flexibility index (Phi) is 4.68. The number of carbonyl (C=O) groups is 1. The summed E-state index contributed by atoms with van der Waals surface area (Å²) >= 11 is 0. The number of fused-ring (bicyclic) bond motifs is 1. The molecule has 1 atom stereocenters. The molecular formula is C23H26N4O4. The second kappa shape index (κ2) is 8.39. The highest BCUT2D eigenvalue weighted by atomic mass is 16.5. The number of aromatic carboxylic acids is 1. The molecule has 1 fully saturated rings. The smallest absolute Gasteiger partial charge is 0.337 e. The van der Waals surface area contributed by atoms with Crippen molar-refractivity contribution in [2.24, 2.45) is 6.98 Å². The number of ether oxygens (including phenoxy) is 1. The van der Waals surface area contributed by atoms with Crippen LogP contribution in [0.15, 0.2) is 41.2 Å². The lowest BCUT2D eigenvalue weighted by Gasteiger charge is -2.29. The van der Waals surface area contributed by atoms with Gasteiger partial charge in [0.05, 0.1) is 35.7 Å². The van der Waals surface area contributed by atoms with E-state index in [1.807, 2.05) is 19.9 Å². The van der Waals surface area contributed by atoms with Crippen molar-refractivity contribution in [1.29, 1.82) is 0 Å². The third-order valence-corrected chi connectivity index (χ3v) is 5.42. The molecule has 0 spiro atoms. The van der Waals surface area contributed by atoms with E-state index in [0.717, 1.165) is 10.1 Å². The number of nitrogens with zero attached hydrogens (tertiary/aromatic N) is 3. The van der Waals surface area contributed by atoms with Crippen molar-refractivity contribution in [3.63, 3.8) is 0 Å². The number of hydrogen-bond donors (Lipinski definition) is 2. The van der Waals surface area contributed by atoms with E-state index < -0.39 is 24.5 Å². The van der Waals surface area contributed by atoms with Crippen molar-refractivity contribution < 1.29 is 18.8 Å². The molecule has 0 bridgehead atoms. The van der Waals surface area contributed by atoms with Gasteiger partial charge in [0.1, 0.15) is 0 Å². The fourth-order valence-corrected chi connectivity index (χ4v) is 3.87. The number of morpholine rings is 1. The molecule has 3 aromatic rings. The maximum Gasteiger partial charge on any atom is 0.337 e. The second-order valence-corrected chi connectivity index (χ2v) is 7.62. The molecule has 8 heteroatoms. The largest absolute Gasteiger partial charge is 0.478 e. The Morgan fingerprint density at radius 1 is 1.29 bits per heavy atom. The van der Waals surface area contributed by atoms with Gasteiger partial charge in [0.15, 0.2) is 0 Å². The molecule has 31 heavy (non-hydrogen) atoms. The van der Waals surface area contributed by atoms with Gasteiger partial charge in [0.2, 0.25) is 5.95 Å². The zero-order valence-electron chi connectivity index (χ0n) is 20.4. The Hall–Kier alpha value is -3.39. The van der Waals surface area contributed by atoms with Crippen molar-refractivity contribution in [3.05, 3.63) is 63.4 Å². The van der Waals surface area contributed by atoms with E-state index in [2.05, 4.69) is 5.32 Å². The van der Waals surface area contributed by atoms with Gasteiger partial charge in [-0.1, -0.05) is 18.2 Å². The van der Waals surface area contributed by atoms with E-state index in [1.165, 1.54) is 6.07 Å². The average Bonchev–Trinajstić information content (AvgIpc) is 2.78. The van der Waals surface area contributed by atoms with E-state index >= 15 is 0 Å². The van der Waals surface area contributed by atoms with Crippen molar-refractivity contribution in [1.82, 2.24) is 9.55 Å². The SMILES string of the molecule is [2H]C([2H])([2H])n1c(N2CCOCC2)nc2c([C@@H](C)Nc3ccccc3C(=O)O)cc(C)cc2c1=O. The number of anilines is 2. The Morgan fingerprint density at radius 2 is 2.03 bits per heavy atom. The van der Waals surface area contributed by atoms with Crippen LogP contribution in [0.25, 0.3) is 10.9 Å². The van der Waals surface area contributed by atoms with E-state index in [-0.39, 0.29) is 16.9 Å². The van der Waals surface area contributed by atoms with Crippen molar-refractivity contribution in [2.75, 3.05) is 36.5 Å². The minimum atomic E-state index is -2.71. The van der Waals surface area contributed by atoms with Crippen molar-refractivity contribution >= 4 is 28.5 Å². The first kappa shape index (κ1) is 17.3. The summed E-state index contributed by atoms with van der Waals surface area (Å²) in [5.41, 5.74) is 1.72. The number of aryl methyl sites for hydroxylation is 1. The number of benzene rings is 2. The minimum Gasteiger partial charge on any atom is -0.478 e. The van der Waals surface area contributed by atoms with Crippen LogP contribution >= 0.6 is 0 Å². The second-order valence-electron chi connectivity index (χ2n) is 7.62. The van der Waals surface area contributed by atoms with Crippen LogP contribution in [0.3, 0.4) is 0 Å². The lowest BCUT2D eigenvalue weighted by atomic mass is 10.0. The minimum absolute atomic E-state index is 0.0732. The van der Waals surface area contributed by atoms with Gasteiger partial charge >= 0.3 is 5.97 Å². The van der Waals surface area contributed by atoms with Gasteiger partial charge in [-0.15, -0.1) is 0 Å². The zero-order valence-corrected chi connectivity index (χ0v) is 17.4. The normalized spacial score (nSPS) is 17.0. The number of para-hydroxylation sites is 1. The van der Waals surface area contributed by atoms with Gasteiger partial charge in [-0.3, -0.25) is 9.36 Å². The Morgan fingerprint density at radius 3 is 2.74 bits per heavy atom. The first-order chi connectivity index (χ1) is 16.1. The van der Waals surface area contributed by atoms with Crippen LogP contribution in [-0.2, 0) is 11.7 Å². The van der Waals surface area contributed by atoms with Crippen LogP contribution in [-0.4, -0.2) is 46.9 Å². The Bertz CT molecular complexity index is 1300. The molecule has 1 aliphatic heterocycles. The molecule has 0 aliphatic carbocycles. The average molecular weight is 426 g/mol. The topological polar surface area (TPSA) is 96.7 Å². The predicted octanol–water partition coefficient (Wildman–Crippen LogP) is 2.95. The monoisotopic (exact) mass is 425 g/mol. The van der Waals surface area contributed by atoms with Crippen LogP contribution < -0.4 is 15.8 Å². The maximum atomic E-state index is 13.5. The van der Waals surface area contributed by atoms with Crippen LogP contribution in [0.2, 0.25) is 0 Å². The molecule has 1 saturated heterocycles. The van der Waals surface area contributed by atoms with Gasteiger partial charge in [-0.05, 0) is 37.6 Å². The number of hydrogen-bond acceptors (Lipinski definition) is 6. The van der Waals surface area contributed by atoms with Gasteiger partial charge in [-0.25, -0.2) is 9.78 Å². The van der Waals surface area contributed by atoms with E-state index in [1.54, 1.807) is 29.2 Å². The lowest BCUT2D eigenvalue weighted by molar-refractivity contribution is 0.0698. The molecule has 0 radical (unpaired) electrons. The fourth-order valence-electron chi connectivity index (χ4n) is 3.87. The van der Waals surface area contributed by atoms with Crippen molar-refractivity contribution in [3.8, 4) is 0 Å². The van der Waals surface area contributed by atoms with Crippen molar-refractivity contribution in [2.45, 2.75) is 19.9 Å². The van der Waals surface area contributed by atoms with E-state index in [0.29, 0.717) is 43.1 Å². The molecule has 2 heterocycles. The Balaban J connectivity index is 1.90. The van der Waals surface area contributed by atoms with E-state index in [4.69, 9.17) is 13.8 Å². The Labute approximate surface area is 184 Å². The molecule has 0 amide bonds. The summed E-state index contributed by atoms with van der Waals surface area (Å²) < 4.78 is 30.1. The molecular weight excluding hydrogens is 396 g/mol. The summed E-state index contributed by atoms with van der Waals surface area (Å²) in [5, 5.41) is 12.9. The standard InChI is InChI=1S/C23H26N4O4/c1-14-12-17(15(2)24-19-7-5-4-6-16(19)22(29)30)20-18(13-14)21(28)26(3)23(25-20)27-8-10-31-11-9-27/h4-7,12-13,15,24H,8-11H2,1-3H3,(H,29,30)/t15-/m1/s1/i3D3. The first-order valence-electron chi connectivity index (χ1n) is 11.6. The number of rotatable bonds is 5. The summed E-state index contributed by atoms with van der Waals surface area (Å²) in [6.07, 6.45) is 0. The van der Waals surface area contributed by atoms with E-state index in [9.17, 15) is 14.7 Å². The lowest BCUT2D eigenvalue weighted by Crippen LogP contribution is -2.40. The van der Waals surface area contributed by atoms with Gasteiger partial charge in [0, 0.05) is 35.4 Å². The number of aromatic nitrogens is 2. The highest BCUT2D eigenvalue weighted by Crippen LogP contribution is 2.29. The summed E-state index contributed by atoms with van der Waals surface area (Å²) in [5.74, 6) is -0.985.